The van der Waals surface area contributed by atoms with Gasteiger partial charge in [-0.3, -0.25) is 9.59 Å². The monoisotopic (exact) mass is 430 g/mol. The van der Waals surface area contributed by atoms with E-state index in [1.165, 1.54) is 18.3 Å². The summed E-state index contributed by atoms with van der Waals surface area (Å²) in [6, 6.07) is 7.92. The predicted molar refractivity (Wildman–Crippen MR) is 113 cm³/mol. The molecule has 2 N–H and O–H groups in total. The Morgan fingerprint density at radius 2 is 2.03 bits per heavy atom. The molecule has 0 spiro atoms. The lowest BCUT2D eigenvalue weighted by Crippen LogP contribution is -2.29. The second-order valence-corrected chi connectivity index (χ2v) is 7.73. The summed E-state index contributed by atoms with van der Waals surface area (Å²) in [7, 11) is 0. The summed E-state index contributed by atoms with van der Waals surface area (Å²) >= 11 is 0. The molecule has 3 heterocycles. The van der Waals surface area contributed by atoms with Crippen molar-refractivity contribution in [1.29, 1.82) is 0 Å². The number of benzene rings is 1. The van der Waals surface area contributed by atoms with Crippen molar-refractivity contribution >= 4 is 28.3 Å². The van der Waals surface area contributed by atoms with E-state index in [9.17, 15) is 22.8 Å². The Balaban J connectivity index is 1.71. The SMILES string of the molecule is Cc1cccc2[nH]cc(C(=O)Nc3ccc(N4CCC[C@@H]4C)nc3C(F)(F)F)c(=O)c12. The minimum absolute atomic E-state index is 0.0911. The molecule has 0 aliphatic carbocycles. The molecule has 1 aliphatic rings. The lowest BCUT2D eigenvalue weighted by atomic mass is 10.1. The molecule has 1 saturated heterocycles. The van der Waals surface area contributed by atoms with Gasteiger partial charge in [-0.05, 0) is 50.5 Å². The predicted octanol–water partition coefficient (Wildman–Crippen LogP) is 4.49. The van der Waals surface area contributed by atoms with E-state index in [-0.39, 0.29) is 17.4 Å². The normalized spacial score (nSPS) is 16.7. The molecule has 9 heteroatoms. The van der Waals surface area contributed by atoms with Crippen molar-refractivity contribution in [3.63, 3.8) is 0 Å². The van der Waals surface area contributed by atoms with E-state index in [1.54, 1.807) is 25.1 Å². The third kappa shape index (κ3) is 3.87. The van der Waals surface area contributed by atoms with Gasteiger partial charge in [0.25, 0.3) is 5.91 Å². The van der Waals surface area contributed by atoms with Crippen LogP contribution in [0.2, 0.25) is 0 Å². The highest BCUT2D eigenvalue weighted by Gasteiger charge is 2.37. The number of aromatic nitrogens is 2. The average molecular weight is 430 g/mol. The number of hydrogen-bond donors (Lipinski definition) is 2. The van der Waals surface area contributed by atoms with Gasteiger partial charge < -0.3 is 15.2 Å². The fourth-order valence-electron chi connectivity index (χ4n) is 4.00. The zero-order chi connectivity index (χ0) is 22.3. The molecule has 4 rings (SSSR count). The number of carbonyl (C=O) groups excluding carboxylic acids is 1. The third-order valence-corrected chi connectivity index (χ3v) is 5.61. The van der Waals surface area contributed by atoms with Crippen LogP contribution >= 0.6 is 0 Å². The van der Waals surface area contributed by atoms with Gasteiger partial charge in [0.15, 0.2) is 5.69 Å². The summed E-state index contributed by atoms with van der Waals surface area (Å²) in [5.74, 6) is -0.713. The van der Waals surface area contributed by atoms with Crippen molar-refractivity contribution in [1.82, 2.24) is 9.97 Å². The van der Waals surface area contributed by atoms with Crippen LogP contribution in [0.3, 0.4) is 0 Å². The quantitative estimate of drug-likeness (QED) is 0.642. The molecule has 1 fully saturated rings. The number of amides is 1. The minimum atomic E-state index is -4.77. The zero-order valence-electron chi connectivity index (χ0n) is 17.0. The molecule has 0 radical (unpaired) electrons. The largest absolute Gasteiger partial charge is 0.435 e. The number of fused-ring (bicyclic) bond motifs is 1. The van der Waals surface area contributed by atoms with Gasteiger partial charge in [-0.15, -0.1) is 0 Å². The number of pyridine rings is 2. The van der Waals surface area contributed by atoms with Crippen LogP contribution in [-0.4, -0.2) is 28.5 Å². The number of aromatic amines is 1. The highest BCUT2D eigenvalue weighted by molar-refractivity contribution is 6.06. The van der Waals surface area contributed by atoms with Gasteiger partial charge in [-0.25, -0.2) is 4.98 Å². The maximum Gasteiger partial charge on any atom is 0.435 e. The van der Waals surface area contributed by atoms with Crippen molar-refractivity contribution in [3.05, 3.63) is 63.6 Å². The summed E-state index contributed by atoms with van der Waals surface area (Å²) in [5.41, 5.74) is -1.29. The Morgan fingerprint density at radius 3 is 2.71 bits per heavy atom. The molecule has 1 aliphatic heterocycles. The lowest BCUT2D eigenvalue weighted by Gasteiger charge is -2.24. The molecule has 0 bridgehead atoms. The molecule has 0 saturated carbocycles. The van der Waals surface area contributed by atoms with E-state index >= 15 is 0 Å². The van der Waals surface area contributed by atoms with E-state index in [0.717, 1.165) is 12.8 Å². The first-order valence-electron chi connectivity index (χ1n) is 9.94. The molecule has 31 heavy (non-hydrogen) atoms. The molecule has 3 aromatic rings. The molecule has 2 aromatic heterocycles. The Morgan fingerprint density at radius 1 is 1.26 bits per heavy atom. The Kier molecular flexibility index (Phi) is 5.20. The van der Waals surface area contributed by atoms with Crippen molar-refractivity contribution < 1.29 is 18.0 Å². The number of anilines is 2. The van der Waals surface area contributed by atoms with Crippen LogP contribution in [0.4, 0.5) is 24.7 Å². The van der Waals surface area contributed by atoms with E-state index < -0.39 is 28.9 Å². The van der Waals surface area contributed by atoms with Gasteiger partial charge in [0.1, 0.15) is 11.4 Å². The van der Waals surface area contributed by atoms with Crippen molar-refractivity contribution in [2.75, 3.05) is 16.8 Å². The summed E-state index contributed by atoms with van der Waals surface area (Å²) in [5, 5.41) is 2.55. The van der Waals surface area contributed by atoms with Crippen molar-refractivity contribution in [3.8, 4) is 0 Å². The third-order valence-electron chi connectivity index (χ3n) is 5.61. The second-order valence-electron chi connectivity index (χ2n) is 7.73. The zero-order valence-corrected chi connectivity index (χ0v) is 17.0. The topological polar surface area (TPSA) is 78.1 Å². The smallest absolute Gasteiger partial charge is 0.360 e. The molecule has 1 amide bonds. The van der Waals surface area contributed by atoms with Crippen LogP contribution in [0.1, 0.15) is 41.4 Å². The van der Waals surface area contributed by atoms with Crippen molar-refractivity contribution in [2.45, 2.75) is 38.9 Å². The van der Waals surface area contributed by atoms with Crippen molar-refractivity contribution in [2.24, 2.45) is 0 Å². The maximum absolute atomic E-state index is 13.7. The van der Waals surface area contributed by atoms with E-state index in [4.69, 9.17) is 0 Å². The highest BCUT2D eigenvalue weighted by atomic mass is 19.4. The first-order valence-corrected chi connectivity index (χ1v) is 9.94. The lowest BCUT2D eigenvalue weighted by molar-refractivity contribution is -0.140. The molecular formula is C22H21F3N4O2. The Labute approximate surface area is 176 Å². The van der Waals surface area contributed by atoms with E-state index in [0.29, 0.717) is 23.0 Å². The summed E-state index contributed by atoms with van der Waals surface area (Å²) in [6.45, 7) is 4.29. The molecule has 162 valence electrons. The van der Waals surface area contributed by atoms with E-state index in [2.05, 4.69) is 15.3 Å². The van der Waals surface area contributed by atoms with Crippen LogP contribution in [-0.2, 0) is 6.18 Å². The molecule has 1 atom stereocenters. The van der Waals surface area contributed by atoms with Gasteiger partial charge >= 0.3 is 6.18 Å². The number of nitrogens with zero attached hydrogens (tertiary/aromatic N) is 2. The van der Waals surface area contributed by atoms with Crippen LogP contribution in [0.25, 0.3) is 10.9 Å². The van der Waals surface area contributed by atoms with E-state index in [1.807, 2.05) is 11.8 Å². The molecular weight excluding hydrogens is 409 g/mol. The summed E-state index contributed by atoms with van der Waals surface area (Å²) < 4.78 is 41.1. The molecule has 1 aromatic carbocycles. The highest BCUT2D eigenvalue weighted by Crippen LogP contribution is 2.36. The number of rotatable bonds is 3. The first-order chi connectivity index (χ1) is 14.7. The van der Waals surface area contributed by atoms with Gasteiger partial charge in [0.05, 0.1) is 5.69 Å². The van der Waals surface area contributed by atoms with Crippen LogP contribution in [0.15, 0.2) is 41.3 Å². The van der Waals surface area contributed by atoms with Crippen LogP contribution < -0.4 is 15.6 Å². The fraction of sp³-hybridized carbons (Fsp3) is 0.318. The Bertz CT molecular complexity index is 1220. The van der Waals surface area contributed by atoms with Crippen LogP contribution in [0.5, 0.6) is 0 Å². The van der Waals surface area contributed by atoms with Gasteiger partial charge in [-0.2, -0.15) is 13.2 Å². The standard InChI is InChI=1S/C22H21F3N4O2/c1-12-5-3-7-15-18(12)19(30)14(11-26-15)21(31)27-16-8-9-17(28-20(16)22(23,24)25)29-10-4-6-13(29)2/h3,5,7-9,11,13H,4,6,10H2,1-2H3,(H,26,30)(H,27,31)/t13-/m0/s1. The fourth-order valence-corrected chi connectivity index (χ4v) is 4.00. The molecule has 6 nitrogen and oxygen atoms in total. The summed E-state index contributed by atoms with van der Waals surface area (Å²) in [4.78, 5) is 34.0. The number of H-pyrrole nitrogens is 1. The summed E-state index contributed by atoms with van der Waals surface area (Å²) in [6.07, 6.45) is -1.80. The maximum atomic E-state index is 13.7. The number of aryl methyl sites for hydroxylation is 1. The number of nitrogens with one attached hydrogen (secondary N) is 2. The number of alkyl halides is 3. The van der Waals surface area contributed by atoms with Crippen LogP contribution in [0, 0.1) is 6.92 Å². The second kappa shape index (κ2) is 7.72. The number of halogens is 3. The van der Waals surface area contributed by atoms with Gasteiger partial charge in [0, 0.05) is 29.7 Å². The minimum Gasteiger partial charge on any atom is -0.360 e. The van der Waals surface area contributed by atoms with Gasteiger partial charge in [-0.1, -0.05) is 12.1 Å². The molecule has 0 unspecified atom stereocenters. The van der Waals surface area contributed by atoms with Gasteiger partial charge in [0.2, 0.25) is 5.43 Å². The average Bonchev–Trinajstić information content (AvgIpc) is 3.13. The number of carbonyl (C=O) groups is 1. The first kappa shape index (κ1) is 20.9. The number of hydrogen-bond acceptors (Lipinski definition) is 4. The Hall–Kier alpha value is -3.36.